The fourth-order valence-electron chi connectivity index (χ4n) is 4.53. The van der Waals surface area contributed by atoms with Gasteiger partial charge in [0.25, 0.3) is 5.91 Å². The Kier molecular flexibility index (Phi) is 6.66. The molecule has 0 spiro atoms. The number of nitrogens with zero attached hydrogens (tertiary/aromatic N) is 2. The molecule has 0 unspecified atom stereocenters. The number of anilines is 2. The van der Waals surface area contributed by atoms with E-state index in [9.17, 15) is 9.59 Å². The van der Waals surface area contributed by atoms with Crippen molar-refractivity contribution in [2.24, 2.45) is 17.8 Å². The molecule has 2 amide bonds. The van der Waals surface area contributed by atoms with Gasteiger partial charge in [-0.2, -0.15) is 0 Å². The molecule has 7 nitrogen and oxygen atoms in total. The van der Waals surface area contributed by atoms with Crippen LogP contribution in [0.15, 0.2) is 6.20 Å². The van der Waals surface area contributed by atoms with E-state index in [4.69, 9.17) is 12.2 Å². The number of thiocarbonyl (C=S) groups is 1. The average Bonchev–Trinajstić information content (AvgIpc) is 3.71. The molecule has 2 heterocycles. The molecule has 3 aliphatic rings. The fourth-order valence-corrected chi connectivity index (χ4v) is 6.11. The molecule has 180 valence electrons. The first kappa shape index (κ1) is 23.4. The largest absolute Gasteiger partial charge is 0.352 e. The molecule has 2 aromatic rings. The van der Waals surface area contributed by atoms with E-state index < -0.39 is 0 Å². The van der Waals surface area contributed by atoms with Gasteiger partial charge in [-0.1, -0.05) is 12.2 Å². The highest BCUT2D eigenvalue weighted by molar-refractivity contribution is 7.80. The van der Waals surface area contributed by atoms with Crippen LogP contribution in [0, 0.1) is 31.6 Å². The van der Waals surface area contributed by atoms with Crippen LogP contribution in [0.25, 0.3) is 0 Å². The summed E-state index contributed by atoms with van der Waals surface area (Å²) in [5, 5.41) is 10.2. The van der Waals surface area contributed by atoms with Crippen molar-refractivity contribution in [3.8, 4) is 0 Å². The van der Waals surface area contributed by atoms with E-state index in [-0.39, 0.29) is 17.7 Å². The van der Waals surface area contributed by atoms with Gasteiger partial charge in [-0.15, -0.1) is 11.3 Å². The molecule has 0 aliphatic heterocycles. The van der Waals surface area contributed by atoms with E-state index in [2.05, 4.69) is 25.9 Å². The van der Waals surface area contributed by atoms with Crippen LogP contribution >= 0.6 is 23.6 Å². The van der Waals surface area contributed by atoms with E-state index in [0.29, 0.717) is 29.8 Å². The summed E-state index contributed by atoms with van der Waals surface area (Å²) in [6.07, 6.45) is 9.42. The molecule has 9 heteroatoms. The molecule has 0 bridgehead atoms. The Morgan fingerprint density at radius 1 is 1.12 bits per heavy atom. The lowest BCUT2D eigenvalue weighted by atomic mass is 9.84. The second kappa shape index (κ2) is 9.70. The number of nitrogens with one attached hydrogen (secondary N) is 3. The van der Waals surface area contributed by atoms with Crippen molar-refractivity contribution >= 4 is 51.2 Å². The van der Waals surface area contributed by atoms with Gasteiger partial charge >= 0.3 is 0 Å². The van der Waals surface area contributed by atoms with Gasteiger partial charge in [0.1, 0.15) is 5.00 Å². The lowest BCUT2D eigenvalue weighted by Gasteiger charge is -2.23. The number of hydrogen-bond acceptors (Lipinski definition) is 6. The summed E-state index contributed by atoms with van der Waals surface area (Å²) in [6.45, 7) is 4.56. The number of carbonyl (C=O) groups is 2. The minimum absolute atomic E-state index is 0.0475. The summed E-state index contributed by atoms with van der Waals surface area (Å²) in [7, 11) is 0. The third kappa shape index (κ3) is 5.46. The quantitative estimate of drug-likeness (QED) is 0.462. The highest BCUT2D eigenvalue weighted by Crippen LogP contribution is 2.42. The van der Waals surface area contributed by atoms with E-state index >= 15 is 0 Å². The Bertz CT molecular complexity index is 1140. The van der Waals surface area contributed by atoms with Gasteiger partial charge in [-0.05, 0) is 76.2 Å². The number of rotatable bonds is 8. The van der Waals surface area contributed by atoms with Crippen molar-refractivity contribution in [3.63, 3.8) is 0 Å². The minimum Gasteiger partial charge on any atom is -0.352 e. The molecule has 0 radical (unpaired) electrons. The Hall–Kier alpha value is -2.39. The van der Waals surface area contributed by atoms with Gasteiger partial charge < -0.3 is 16.0 Å². The molecule has 1 atom stereocenters. The lowest BCUT2D eigenvalue weighted by molar-refractivity contribution is -0.117. The van der Waals surface area contributed by atoms with Gasteiger partial charge in [-0.25, -0.2) is 4.98 Å². The highest BCUT2D eigenvalue weighted by atomic mass is 32.1. The molecule has 5 rings (SSSR count). The van der Waals surface area contributed by atoms with Crippen LogP contribution in [0.5, 0.6) is 0 Å². The third-order valence-corrected chi connectivity index (χ3v) is 8.30. The topological polar surface area (TPSA) is 96.0 Å². The molecule has 2 aromatic heterocycles. The zero-order chi connectivity index (χ0) is 23.8. The zero-order valence-corrected chi connectivity index (χ0v) is 21.3. The van der Waals surface area contributed by atoms with Crippen molar-refractivity contribution in [2.75, 3.05) is 17.2 Å². The monoisotopic (exact) mass is 497 g/mol. The first-order chi connectivity index (χ1) is 16.4. The Labute approximate surface area is 209 Å². The van der Waals surface area contributed by atoms with Gasteiger partial charge in [-0.3, -0.25) is 14.6 Å². The zero-order valence-electron chi connectivity index (χ0n) is 19.7. The summed E-state index contributed by atoms with van der Waals surface area (Å²) < 4.78 is 0. The van der Waals surface area contributed by atoms with Crippen LogP contribution < -0.4 is 16.0 Å². The third-order valence-electron chi connectivity index (χ3n) is 6.82. The van der Waals surface area contributed by atoms with Crippen molar-refractivity contribution in [1.29, 1.82) is 0 Å². The Morgan fingerprint density at radius 3 is 2.62 bits per heavy atom. The van der Waals surface area contributed by atoms with Crippen molar-refractivity contribution in [1.82, 2.24) is 15.3 Å². The molecular weight excluding hydrogens is 466 g/mol. The minimum atomic E-state index is -0.0533. The van der Waals surface area contributed by atoms with E-state index in [0.717, 1.165) is 65.5 Å². The second-order valence-corrected chi connectivity index (χ2v) is 11.5. The predicted molar refractivity (Wildman–Crippen MR) is 139 cm³/mol. The van der Waals surface area contributed by atoms with E-state index in [1.54, 1.807) is 17.5 Å². The SMILES string of the molecule is Cc1cnc(NC(=S)C[C@H]2CCc3sc(NC(=O)C4CC4)c(C(=O)NCC4CC4)c3C2)c(C)n1. The number of aryl methyl sites for hydroxylation is 3. The maximum Gasteiger partial charge on any atom is 0.254 e. The Morgan fingerprint density at radius 2 is 1.91 bits per heavy atom. The summed E-state index contributed by atoms with van der Waals surface area (Å²) in [5.41, 5.74) is 3.48. The first-order valence-corrected chi connectivity index (χ1v) is 13.4. The van der Waals surface area contributed by atoms with Gasteiger partial charge in [0.2, 0.25) is 5.91 Å². The first-order valence-electron chi connectivity index (χ1n) is 12.2. The van der Waals surface area contributed by atoms with Crippen LogP contribution in [0.1, 0.15) is 70.7 Å². The fraction of sp³-hybridized carbons (Fsp3) is 0.560. The number of thiophene rings is 1. The van der Waals surface area contributed by atoms with Crippen LogP contribution in [0.3, 0.4) is 0 Å². The summed E-state index contributed by atoms with van der Waals surface area (Å²) in [5.74, 6) is 1.74. The molecule has 2 saturated carbocycles. The lowest BCUT2D eigenvalue weighted by Crippen LogP contribution is -2.28. The predicted octanol–water partition coefficient (Wildman–Crippen LogP) is 4.58. The van der Waals surface area contributed by atoms with Crippen molar-refractivity contribution < 1.29 is 9.59 Å². The maximum atomic E-state index is 13.2. The normalized spacial score (nSPS) is 19.3. The molecule has 3 N–H and O–H groups in total. The number of carbonyl (C=O) groups excluding carboxylic acids is 2. The number of fused-ring (bicyclic) bond motifs is 1. The van der Waals surface area contributed by atoms with Crippen molar-refractivity contribution in [2.45, 2.75) is 65.2 Å². The van der Waals surface area contributed by atoms with Gasteiger partial charge in [0.05, 0.1) is 28.1 Å². The average molecular weight is 498 g/mol. The van der Waals surface area contributed by atoms with Crippen LogP contribution in [0.4, 0.5) is 10.8 Å². The summed E-state index contributed by atoms with van der Waals surface area (Å²) in [4.78, 5) is 36.6. The van der Waals surface area contributed by atoms with Crippen LogP contribution in [-0.4, -0.2) is 33.3 Å². The maximum absolute atomic E-state index is 13.2. The van der Waals surface area contributed by atoms with E-state index in [1.165, 1.54) is 17.7 Å². The van der Waals surface area contributed by atoms with Gasteiger partial charge in [0, 0.05) is 23.8 Å². The standard InChI is InChI=1S/C25H31N5O2S2/c1-13-11-26-22(14(2)28-13)29-20(33)10-16-5-8-19-18(9-16)21(24(32)27-12-15-3-4-15)25(34-19)30-23(31)17-6-7-17/h11,15-17H,3-10,12H2,1-2H3,(H,27,32)(H,30,31)(H,26,29,33)/t16-/m0/s1. The highest BCUT2D eigenvalue weighted by Gasteiger charge is 2.34. The van der Waals surface area contributed by atoms with Crippen molar-refractivity contribution in [3.05, 3.63) is 33.6 Å². The summed E-state index contributed by atoms with van der Waals surface area (Å²) in [6, 6.07) is 0. The Balaban J connectivity index is 1.30. The molecule has 2 fully saturated rings. The molecule has 0 saturated heterocycles. The molecule has 34 heavy (non-hydrogen) atoms. The molecular formula is C25H31N5O2S2. The van der Waals surface area contributed by atoms with Crippen LogP contribution in [-0.2, 0) is 17.6 Å². The van der Waals surface area contributed by atoms with Gasteiger partial charge in [0.15, 0.2) is 5.82 Å². The number of hydrogen-bond donors (Lipinski definition) is 3. The molecule has 0 aromatic carbocycles. The smallest absolute Gasteiger partial charge is 0.254 e. The van der Waals surface area contributed by atoms with E-state index in [1.807, 2.05) is 13.8 Å². The second-order valence-electron chi connectivity index (χ2n) is 9.93. The number of aromatic nitrogens is 2. The summed E-state index contributed by atoms with van der Waals surface area (Å²) >= 11 is 7.24. The molecule has 3 aliphatic carbocycles. The number of amides is 2. The van der Waals surface area contributed by atoms with Crippen LogP contribution in [0.2, 0.25) is 0 Å².